The molecular formula is C21H24Cl2N4O5S. The zero-order valence-corrected chi connectivity index (χ0v) is 21.0. The maximum atomic E-state index is 13.3. The van der Waals surface area contributed by atoms with Gasteiger partial charge >= 0.3 is 5.97 Å². The number of aryl methyl sites for hydroxylation is 2. The van der Waals surface area contributed by atoms with Crippen LogP contribution in [0.1, 0.15) is 46.2 Å². The van der Waals surface area contributed by atoms with Crippen molar-refractivity contribution >= 4 is 45.1 Å². The van der Waals surface area contributed by atoms with E-state index in [0.29, 0.717) is 11.5 Å². The van der Waals surface area contributed by atoms with E-state index in [1.807, 2.05) is 0 Å². The largest absolute Gasteiger partial charge is 0.462 e. The molecule has 33 heavy (non-hydrogen) atoms. The molecule has 2 heterocycles. The number of esters is 1. The van der Waals surface area contributed by atoms with Crippen molar-refractivity contribution in [2.24, 2.45) is 0 Å². The number of hydrogen-bond donors (Lipinski definition) is 0. The first kappa shape index (κ1) is 25.4. The number of amides is 1. The fraction of sp³-hybridized carbons (Fsp3) is 0.429. The third-order valence-corrected chi connectivity index (χ3v) is 7.95. The summed E-state index contributed by atoms with van der Waals surface area (Å²) in [4.78, 5) is 35.6. The Morgan fingerprint density at radius 2 is 1.88 bits per heavy atom. The summed E-state index contributed by atoms with van der Waals surface area (Å²) in [6.07, 6.45) is 0. The first-order chi connectivity index (χ1) is 15.5. The van der Waals surface area contributed by atoms with Gasteiger partial charge in [-0.25, -0.2) is 23.2 Å². The van der Waals surface area contributed by atoms with Crippen molar-refractivity contribution < 1.29 is 22.7 Å². The van der Waals surface area contributed by atoms with Gasteiger partial charge in [0.15, 0.2) is 0 Å². The minimum absolute atomic E-state index is 0.0147. The topological polar surface area (TPSA) is 110 Å². The minimum atomic E-state index is -3.94. The van der Waals surface area contributed by atoms with Gasteiger partial charge in [-0.15, -0.1) is 0 Å². The fourth-order valence-electron chi connectivity index (χ4n) is 3.75. The summed E-state index contributed by atoms with van der Waals surface area (Å²) in [7, 11) is -3.94. The second kappa shape index (κ2) is 9.92. The Balaban J connectivity index is 1.88. The molecule has 12 heteroatoms. The van der Waals surface area contributed by atoms with Crippen LogP contribution in [0.2, 0.25) is 10.0 Å². The van der Waals surface area contributed by atoms with Gasteiger partial charge in [0.25, 0.3) is 5.91 Å². The molecule has 1 aliphatic heterocycles. The van der Waals surface area contributed by atoms with Crippen LogP contribution in [0.15, 0.2) is 23.1 Å². The van der Waals surface area contributed by atoms with E-state index in [1.165, 1.54) is 27.4 Å². The number of rotatable bonds is 5. The van der Waals surface area contributed by atoms with Crippen molar-refractivity contribution in [2.75, 3.05) is 26.2 Å². The molecule has 3 rings (SSSR count). The van der Waals surface area contributed by atoms with Gasteiger partial charge in [0, 0.05) is 30.7 Å². The van der Waals surface area contributed by atoms with Crippen molar-refractivity contribution in [3.8, 4) is 0 Å². The summed E-state index contributed by atoms with van der Waals surface area (Å²) < 4.78 is 32.8. The van der Waals surface area contributed by atoms with E-state index in [2.05, 4.69) is 9.97 Å². The van der Waals surface area contributed by atoms with Gasteiger partial charge in [0.1, 0.15) is 22.0 Å². The number of hydrogen-bond acceptors (Lipinski definition) is 7. The van der Waals surface area contributed by atoms with Gasteiger partial charge in [-0.2, -0.15) is 4.31 Å². The Morgan fingerprint density at radius 1 is 1.18 bits per heavy atom. The average molecular weight is 515 g/mol. The van der Waals surface area contributed by atoms with Gasteiger partial charge in [-0.3, -0.25) is 4.79 Å². The Hall–Kier alpha value is -2.27. The first-order valence-electron chi connectivity index (χ1n) is 10.3. The van der Waals surface area contributed by atoms with Gasteiger partial charge < -0.3 is 9.64 Å². The summed E-state index contributed by atoms with van der Waals surface area (Å²) in [6.45, 7) is 6.97. The quantitative estimate of drug-likeness (QED) is 0.563. The second-order valence-electron chi connectivity index (χ2n) is 7.59. The molecule has 1 fully saturated rings. The van der Waals surface area contributed by atoms with Crippen LogP contribution in [-0.2, 0) is 14.8 Å². The predicted octanol–water partition coefficient (Wildman–Crippen LogP) is 3.11. The summed E-state index contributed by atoms with van der Waals surface area (Å²) >= 11 is 12.1. The summed E-state index contributed by atoms with van der Waals surface area (Å²) in [5.74, 6) is -0.826. The summed E-state index contributed by atoms with van der Waals surface area (Å²) in [6, 6.07) is 3.69. The van der Waals surface area contributed by atoms with Crippen LogP contribution in [0.4, 0.5) is 0 Å². The van der Waals surface area contributed by atoms with Crippen LogP contribution < -0.4 is 0 Å². The van der Waals surface area contributed by atoms with E-state index in [4.69, 9.17) is 27.9 Å². The Kier molecular flexibility index (Phi) is 7.62. The van der Waals surface area contributed by atoms with Gasteiger partial charge in [-0.05, 0) is 45.9 Å². The highest BCUT2D eigenvalue weighted by atomic mass is 35.5. The molecule has 1 saturated heterocycles. The highest BCUT2D eigenvalue weighted by molar-refractivity contribution is 7.89. The van der Waals surface area contributed by atoms with Crippen molar-refractivity contribution in [3.63, 3.8) is 0 Å². The van der Waals surface area contributed by atoms with Crippen LogP contribution in [0.5, 0.6) is 0 Å². The van der Waals surface area contributed by atoms with Crippen LogP contribution in [0, 0.1) is 13.8 Å². The maximum Gasteiger partial charge on any atom is 0.342 e. The van der Waals surface area contributed by atoms with Crippen molar-refractivity contribution in [1.82, 2.24) is 19.2 Å². The van der Waals surface area contributed by atoms with Crippen molar-refractivity contribution in [2.45, 2.75) is 38.6 Å². The number of halogens is 2. The molecule has 1 unspecified atom stereocenters. The lowest BCUT2D eigenvalue weighted by molar-refractivity contribution is 0.0509. The Morgan fingerprint density at radius 3 is 2.52 bits per heavy atom. The lowest BCUT2D eigenvalue weighted by Gasteiger charge is -2.39. The highest BCUT2D eigenvalue weighted by Crippen LogP contribution is 2.30. The number of piperazine rings is 1. The lowest BCUT2D eigenvalue weighted by atomic mass is 10.1. The number of ether oxygens (including phenoxy) is 1. The third-order valence-electron chi connectivity index (χ3n) is 5.22. The molecule has 0 saturated carbocycles. The average Bonchev–Trinajstić information content (AvgIpc) is 2.74. The van der Waals surface area contributed by atoms with E-state index in [1.54, 1.807) is 27.7 Å². The van der Waals surface area contributed by atoms with E-state index >= 15 is 0 Å². The fourth-order valence-corrected chi connectivity index (χ4v) is 6.10. The molecule has 0 aliphatic carbocycles. The van der Waals surface area contributed by atoms with E-state index in [9.17, 15) is 18.0 Å². The summed E-state index contributed by atoms with van der Waals surface area (Å²) in [5, 5.41) is 0.316. The zero-order chi connectivity index (χ0) is 24.5. The molecule has 0 radical (unpaired) electrons. The number of aromatic nitrogens is 2. The van der Waals surface area contributed by atoms with E-state index in [-0.39, 0.29) is 52.4 Å². The maximum absolute atomic E-state index is 13.3. The molecule has 1 aromatic carbocycles. The molecule has 2 aromatic rings. The van der Waals surface area contributed by atoms with Gasteiger partial charge in [0.05, 0.1) is 17.3 Å². The standard InChI is InChI=1S/C21H24Cl2N4O5S/c1-5-32-21(29)18-13(3)24-14(4)25-19(18)20(28)26-8-9-27(12(2)11-26)33(30,31)17-10-15(22)6-7-16(17)23/h6-7,10,12H,5,8-9,11H2,1-4H3. The molecule has 0 N–H and O–H groups in total. The van der Waals surface area contributed by atoms with E-state index in [0.717, 1.165) is 0 Å². The van der Waals surface area contributed by atoms with Crippen molar-refractivity contribution in [1.29, 1.82) is 0 Å². The molecule has 0 spiro atoms. The van der Waals surface area contributed by atoms with Crippen LogP contribution in [0.25, 0.3) is 0 Å². The number of carbonyl (C=O) groups excluding carboxylic acids is 2. The van der Waals surface area contributed by atoms with E-state index < -0.39 is 27.9 Å². The summed E-state index contributed by atoms with van der Waals surface area (Å²) in [5.41, 5.74) is 0.301. The van der Waals surface area contributed by atoms with Crippen LogP contribution in [0.3, 0.4) is 0 Å². The number of carbonyl (C=O) groups is 2. The minimum Gasteiger partial charge on any atom is -0.462 e. The Labute approximate surface area is 202 Å². The van der Waals surface area contributed by atoms with Crippen LogP contribution in [-0.4, -0.2) is 71.8 Å². The van der Waals surface area contributed by atoms with Crippen LogP contribution >= 0.6 is 23.2 Å². The third kappa shape index (κ3) is 5.13. The van der Waals surface area contributed by atoms with Gasteiger partial charge in [-0.1, -0.05) is 23.2 Å². The molecule has 178 valence electrons. The van der Waals surface area contributed by atoms with Crippen molar-refractivity contribution in [3.05, 3.63) is 51.0 Å². The number of nitrogens with zero attached hydrogens (tertiary/aromatic N) is 4. The molecule has 1 atom stereocenters. The molecule has 9 nitrogen and oxygen atoms in total. The molecule has 1 aromatic heterocycles. The second-order valence-corrected chi connectivity index (χ2v) is 10.3. The predicted molar refractivity (Wildman–Crippen MR) is 123 cm³/mol. The highest BCUT2D eigenvalue weighted by Gasteiger charge is 2.38. The normalized spacial score (nSPS) is 17.2. The zero-order valence-electron chi connectivity index (χ0n) is 18.6. The SMILES string of the molecule is CCOC(=O)c1c(C)nc(C)nc1C(=O)N1CCN(S(=O)(=O)c2cc(Cl)ccc2Cl)C(C)C1. The number of sulfonamides is 1. The monoisotopic (exact) mass is 514 g/mol. The molecule has 1 aliphatic rings. The first-order valence-corrected chi connectivity index (χ1v) is 12.5. The Bertz CT molecular complexity index is 1210. The molecule has 0 bridgehead atoms. The van der Waals surface area contributed by atoms with Gasteiger partial charge in [0.2, 0.25) is 10.0 Å². The number of benzene rings is 1. The smallest absolute Gasteiger partial charge is 0.342 e. The lowest BCUT2D eigenvalue weighted by Crippen LogP contribution is -2.55. The molecular weight excluding hydrogens is 491 g/mol. The molecule has 1 amide bonds.